The molecular weight excluding hydrogens is 306 g/mol. The molecule has 0 spiro atoms. The zero-order chi connectivity index (χ0) is 17.3. The molecule has 1 aliphatic heterocycles. The number of carbonyl (C=O) groups excluding carboxylic acids is 2. The Kier molecular flexibility index (Phi) is 4.64. The van der Waals surface area contributed by atoms with E-state index < -0.39 is 12.1 Å². The van der Waals surface area contributed by atoms with Gasteiger partial charge in [-0.2, -0.15) is 0 Å². The Hall–Kier alpha value is -2.24. The fraction of sp³-hybridized carbons (Fsp3) is 0.556. The van der Waals surface area contributed by atoms with Crippen molar-refractivity contribution >= 4 is 23.4 Å². The van der Waals surface area contributed by atoms with Crippen molar-refractivity contribution in [2.24, 2.45) is 5.92 Å². The highest BCUT2D eigenvalue weighted by Gasteiger charge is 2.37. The van der Waals surface area contributed by atoms with Crippen LogP contribution in [0.1, 0.15) is 26.7 Å². The lowest BCUT2D eigenvalue weighted by atomic mass is 10.0. The number of nitrogens with one attached hydrogen (secondary N) is 1. The summed E-state index contributed by atoms with van der Waals surface area (Å²) in [5.41, 5.74) is 2.04. The molecule has 1 aliphatic carbocycles. The number of anilines is 2. The Morgan fingerprint density at radius 3 is 2.42 bits per heavy atom. The number of rotatable bonds is 4. The van der Waals surface area contributed by atoms with Crippen LogP contribution in [-0.4, -0.2) is 44.3 Å². The molecule has 130 valence electrons. The molecule has 1 N–H and O–H groups in total. The van der Waals surface area contributed by atoms with Crippen molar-refractivity contribution < 1.29 is 14.3 Å². The molecule has 3 rings (SSSR count). The molecule has 24 heavy (non-hydrogen) atoms. The van der Waals surface area contributed by atoms with Crippen LogP contribution >= 0.6 is 0 Å². The van der Waals surface area contributed by atoms with E-state index in [-0.39, 0.29) is 11.8 Å². The van der Waals surface area contributed by atoms with E-state index in [1.807, 2.05) is 32.0 Å². The van der Waals surface area contributed by atoms with Crippen LogP contribution in [0.3, 0.4) is 0 Å². The van der Waals surface area contributed by atoms with Gasteiger partial charge < -0.3 is 19.9 Å². The largest absolute Gasteiger partial charge is 0.453 e. The number of hydrogen-bond acceptors (Lipinski definition) is 4. The molecule has 0 saturated heterocycles. The lowest BCUT2D eigenvalue weighted by Crippen LogP contribution is -2.54. The summed E-state index contributed by atoms with van der Waals surface area (Å²) < 4.78 is 4.67. The van der Waals surface area contributed by atoms with Gasteiger partial charge in [0.1, 0.15) is 6.04 Å². The van der Waals surface area contributed by atoms with Crippen LogP contribution in [0.15, 0.2) is 24.3 Å². The third-order valence-electron chi connectivity index (χ3n) is 4.69. The molecule has 0 bridgehead atoms. The minimum atomic E-state index is -0.599. The predicted octanol–water partition coefficient (Wildman–Crippen LogP) is 2.38. The van der Waals surface area contributed by atoms with E-state index in [4.69, 9.17) is 0 Å². The summed E-state index contributed by atoms with van der Waals surface area (Å²) in [7, 11) is 1.31. The molecule has 1 heterocycles. The zero-order valence-corrected chi connectivity index (χ0v) is 14.5. The summed E-state index contributed by atoms with van der Waals surface area (Å²) in [4.78, 5) is 28.9. The van der Waals surface area contributed by atoms with E-state index in [9.17, 15) is 9.59 Å². The quantitative estimate of drug-likeness (QED) is 0.920. The van der Waals surface area contributed by atoms with E-state index in [2.05, 4.69) is 21.0 Å². The average molecular weight is 331 g/mol. The number of para-hydroxylation sites is 2. The van der Waals surface area contributed by atoms with Crippen molar-refractivity contribution in [3.05, 3.63) is 24.3 Å². The molecule has 2 amide bonds. The number of hydrogen-bond donors (Lipinski definition) is 1. The lowest BCUT2D eigenvalue weighted by Gasteiger charge is -2.39. The molecule has 0 radical (unpaired) electrons. The first-order chi connectivity index (χ1) is 11.5. The SMILES string of the molecule is COC(=O)N[C@H](C(=O)N1CCN(C2CC2)c2ccccc21)C(C)C. The Morgan fingerprint density at radius 2 is 1.83 bits per heavy atom. The molecule has 1 aromatic carbocycles. The molecule has 0 aromatic heterocycles. The van der Waals surface area contributed by atoms with Gasteiger partial charge in [0, 0.05) is 19.1 Å². The number of alkyl carbamates (subject to hydrolysis) is 1. The molecule has 6 heteroatoms. The van der Waals surface area contributed by atoms with Crippen molar-refractivity contribution in [2.75, 3.05) is 30.0 Å². The second kappa shape index (κ2) is 6.71. The van der Waals surface area contributed by atoms with Crippen molar-refractivity contribution in [1.29, 1.82) is 0 Å². The van der Waals surface area contributed by atoms with Crippen LogP contribution in [0.2, 0.25) is 0 Å². The van der Waals surface area contributed by atoms with Gasteiger partial charge in [-0.1, -0.05) is 26.0 Å². The number of benzene rings is 1. The first-order valence-corrected chi connectivity index (χ1v) is 8.54. The van der Waals surface area contributed by atoms with Gasteiger partial charge in [-0.15, -0.1) is 0 Å². The first-order valence-electron chi connectivity index (χ1n) is 8.54. The maximum Gasteiger partial charge on any atom is 0.407 e. The van der Waals surface area contributed by atoms with E-state index >= 15 is 0 Å². The Balaban J connectivity index is 1.86. The van der Waals surface area contributed by atoms with Crippen LogP contribution in [0.25, 0.3) is 0 Å². The molecular formula is C18H25N3O3. The molecule has 1 saturated carbocycles. The maximum atomic E-state index is 13.1. The topological polar surface area (TPSA) is 61.9 Å². The number of methoxy groups -OCH3 is 1. The monoisotopic (exact) mass is 331 g/mol. The molecule has 2 aliphatic rings. The predicted molar refractivity (Wildman–Crippen MR) is 93.3 cm³/mol. The second-order valence-electron chi connectivity index (χ2n) is 6.76. The number of amides is 2. The molecule has 1 aromatic rings. The number of fused-ring (bicyclic) bond motifs is 1. The van der Waals surface area contributed by atoms with E-state index in [0.717, 1.165) is 17.9 Å². The van der Waals surface area contributed by atoms with Gasteiger partial charge >= 0.3 is 6.09 Å². The van der Waals surface area contributed by atoms with E-state index in [0.29, 0.717) is 12.6 Å². The Morgan fingerprint density at radius 1 is 1.17 bits per heavy atom. The zero-order valence-electron chi connectivity index (χ0n) is 14.5. The highest BCUT2D eigenvalue weighted by Crippen LogP contribution is 2.40. The second-order valence-corrected chi connectivity index (χ2v) is 6.76. The minimum absolute atomic E-state index is 0.0229. The Labute approximate surface area is 142 Å². The van der Waals surface area contributed by atoms with Gasteiger partial charge in [0.2, 0.25) is 5.91 Å². The van der Waals surface area contributed by atoms with Crippen LogP contribution in [0.4, 0.5) is 16.2 Å². The number of ether oxygens (including phenoxy) is 1. The van der Waals surface area contributed by atoms with Crippen molar-refractivity contribution in [3.63, 3.8) is 0 Å². The summed E-state index contributed by atoms with van der Waals surface area (Å²) in [6.45, 7) is 5.31. The standard InChI is InChI=1S/C18H25N3O3/c1-12(2)16(19-18(23)24-3)17(22)21-11-10-20(13-8-9-13)14-6-4-5-7-15(14)21/h4-7,12-13,16H,8-11H2,1-3H3,(H,19,23)/t16-/m0/s1. The third kappa shape index (κ3) is 3.18. The van der Waals surface area contributed by atoms with E-state index in [1.165, 1.54) is 20.0 Å². The number of nitrogens with zero attached hydrogens (tertiary/aromatic N) is 2. The number of carbonyl (C=O) groups is 2. The average Bonchev–Trinajstić information content (AvgIpc) is 3.42. The van der Waals surface area contributed by atoms with Gasteiger partial charge in [0.25, 0.3) is 0 Å². The van der Waals surface area contributed by atoms with Crippen LogP contribution in [-0.2, 0) is 9.53 Å². The van der Waals surface area contributed by atoms with E-state index in [1.54, 1.807) is 4.90 Å². The highest BCUT2D eigenvalue weighted by atomic mass is 16.5. The van der Waals surface area contributed by atoms with Gasteiger partial charge in [-0.05, 0) is 30.9 Å². The van der Waals surface area contributed by atoms with Crippen molar-refractivity contribution in [2.45, 2.75) is 38.8 Å². The van der Waals surface area contributed by atoms with Gasteiger partial charge in [-0.25, -0.2) is 4.79 Å². The summed E-state index contributed by atoms with van der Waals surface area (Å²) >= 11 is 0. The molecule has 1 fully saturated rings. The van der Waals surface area contributed by atoms with Gasteiger partial charge in [0.15, 0.2) is 0 Å². The van der Waals surface area contributed by atoms with Crippen LogP contribution in [0, 0.1) is 5.92 Å². The summed E-state index contributed by atoms with van der Waals surface area (Å²) in [5, 5.41) is 2.67. The summed E-state index contributed by atoms with van der Waals surface area (Å²) in [5.74, 6) is -0.108. The fourth-order valence-electron chi connectivity index (χ4n) is 3.25. The molecule has 1 atom stereocenters. The van der Waals surface area contributed by atoms with Crippen molar-refractivity contribution in [1.82, 2.24) is 5.32 Å². The smallest absolute Gasteiger partial charge is 0.407 e. The summed E-state index contributed by atoms with van der Waals surface area (Å²) in [6.07, 6.45) is 1.87. The Bertz CT molecular complexity index is 628. The third-order valence-corrected chi connectivity index (χ3v) is 4.69. The lowest BCUT2D eigenvalue weighted by molar-refractivity contribution is -0.121. The molecule has 0 unspecified atom stereocenters. The summed E-state index contributed by atoms with van der Waals surface area (Å²) in [6, 6.07) is 8.03. The molecule has 6 nitrogen and oxygen atoms in total. The van der Waals surface area contributed by atoms with Crippen LogP contribution < -0.4 is 15.1 Å². The van der Waals surface area contributed by atoms with Crippen LogP contribution in [0.5, 0.6) is 0 Å². The van der Waals surface area contributed by atoms with Gasteiger partial charge in [-0.3, -0.25) is 4.79 Å². The maximum absolute atomic E-state index is 13.1. The van der Waals surface area contributed by atoms with Crippen molar-refractivity contribution in [3.8, 4) is 0 Å². The first kappa shape index (κ1) is 16.6. The minimum Gasteiger partial charge on any atom is -0.453 e. The highest BCUT2D eigenvalue weighted by molar-refractivity contribution is 6.02. The fourth-order valence-corrected chi connectivity index (χ4v) is 3.25. The van der Waals surface area contributed by atoms with Gasteiger partial charge in [0.05, 0.1) is 18.5 Å². The normalized spacial score (nSPS) is 18.2.